The molecule has 21 heavy (non-hydrogen) atoms. The van der Waals surface area contributed by atoms with Crippen LogP contribution in [-0.2, 0) is 6.42 Å². The third-order valence-corrected chi connectivity index (χ3v) is 4.84. The van der Waals surface area contributed by atoms with E-state index in [9.17, 15) is 0 Å². The van der Waals surface area contributed by atoms with Crippen molar-refractivity contribution < 1.29 is 0 Å². The average Bonchev–Trinajstić information content (AvgIpc) is 2.53. The summed E-state index contributed by atoms with van der Waals surface area (Å²) in [5.74, 6) is 1.03. The maximum atomic E-state index is 6.61. The minimum absolute atomic E-state index is 0.104. The van der Waals surface area contributed by atoms with Crippen LogP contribution in [0.4, 0.5) is 0 Å². The lowest BCUT2D eigenvalue weighted by atomic mass is 9.77. The van der Waals surface area contributed by atoms with Gasteiger partial charge < -0.3 is 5.73 Å². The van der Waals surface area contributed by atoms with Crippen LogP contribution in [0.15, 0.2) is 48.5 Å². The highest BCUT2D eigenvalue weighted by molar-refractivity contribution is 5.36. The van der Waals surface area contributed by atoms with Crippen molar-refractivity contribution in [3.8, 4) is 0 Å². The molecular formula is C20H25N. The summed E-state index contributed by atoms with van der Waals surface area (Å²) in [7, 11) is 0. The Balaban J connectivity index is 1.87. The van der Waals surface area contributed by atoms with Crippen LogP contribution < -0.4 is 5.73 Å². The number of nitrogens with two attached hydrogens (primary N) is 1. The lowest BCUT2D eigenvalue weighted by Gasteiger charge is -2.30. The molecule has 2 aromatic carbocycles. The number of aryl methyl sites for hydroxylation is 1. The molecule has 0 amide bonds. The Bertz CT molecular complexity index is 597. The van der Waals surface area contributed by atoms with E-state index in [1.54, 1.807) is 0 Å². The van der Waals surface area contributed by atoms with Crippen LogP contribution in [-0.4, -0.2) is 0 Å². The second-order valence-corrected chi connectivity index (χ2v) is 6.54. The van der Waals surface area contributed by atoms with Gasteiger partial charge in [-0.3, -0.25) is 0 Å². The molecule has 1 aliphatic carbocycles. The van der Waals surface area contributed by atoms with E-state index < -0.39 is 0 Å². The van der Waals surface area contributed by atoms with Crippen molar-refractivity contribution in [2.45, 2.75) is 51.0 Å². The number of rotatable bonds is 3. The van der Waals surface area contributed by atoms with Gasteiger partial charge in [0.25, 0.3) is 0 Å². The molecule has 2 N–H and O–H groups in total. The van der Waals surface area contributed by atoms with Crippen molar-refractivity contribution in [1.82, 2.24) is 0 Å². The smallest absolute Gasteiger partial charge is 0.0364 e. The summed E-state index contributed by atoms with van der Waals surface area (Å²) in [4.78, 5) is 0. The second-order valence-electron chi connectivity index (χ2n) is 6.54. The quantitative estimate of drug-likeness (QED) is 0.847. The van der Waals surface area contributed by atoms with Crippen LogP contribution in [0, 0.1) is 0 Å². The molecular weight excluding hydrogens is 254 g/mol. The molecule has 0 aliphatic heterocycles. The lowest BCUT2D eigenvalue weighted by Crippen LogP contribution is -2.23. The molecule has 0 saturated heterocycles. The Labute approximate surface area is 128 Å². The van der Waals surface area contributed by atoms with Gasteiger partial charge in [0.05, 0.1) is 0 Å². The molecule has 0 heterocycles. The van der Waals surface area contributed by atoms with Gasteiger partial charge in [-0.15, -0.1) is 0 Å². The maximum absolute atomic E-state index is 6.61. The third-order valence-electron chi connectivity index (χ3n) is 4.84. The van der Waals surface area contributed by atoms with Crippen molar-refractivity contribution in [1.29, 1.82) is 0 Å². The lowest BCUT2D eigenvalue weighted by molar-refractivity contribution is 0.474. The average molecular weight is 279 g/mol. The van der Waals surface area contributed by atoms with E-state index in [1.807, 2.05) is 0 Å². The zero-order valence-corrected chi connectivity index (χ0v) is 13.0. The van der Waals surface area contributed by atoms with Gasteiger partial charge in [0, 0.05) is 12.0 Å². The van der Waals surface area contributed by atoms with Gasteiger partial charge in [-0.1, -0.05) is 62.4 Å². The Morgan fingerprint density at radius 1 is 0.952 bits per heavy atom. The molecule has 2 atom stereocenters. The Kier molecular flexibility index (Phi) is 4.12. The fourth-order valence-electron chi connectivity index (χ4n) is 3.50. The summed E-state index contributed by atoms with van der Waals surface area (Å²) in [6.07, 6.45) is 3.65. The molecule has 110 valence electrons. The van der Waals surface area contributed by atoms with Crippen molar-refractivity contribution in [3.63, 3.8) is 0 Å². The molecule has 2 unspecified atom stereocenters. The number of hydrogen-bond acceptors (Lipinski definition) is 1. The molecule has 0 radical (unpaired) electrons. The first-order valence-corrected chi connectivity index (χ1v) is 8.10. The molecule has 0 saturated carbocycles. The van der Waals surface area contributed by atoms with Gasteiger partial charge in [-0.05, 0) is 47.4 Å². The SMILES string of the molecule is CC(C)c1ccc(C(N)C2CCCc3ccccc32)cc1. The van der Waals surface area contributed by atoms with E-state index in [-0.39, 0.29) is 6.04 Å². The van der Waals surface area contributed by atoms with Crippen LogP contribution in [0.3, 0.4) is 0 Å². The van der Waals surface area contributed by atoms with Crippen LogP contribution in [0.25, 0.3) is 0 Å². The van der Waals surface area contributed by atoms with Crippen LogP contribution in [0.2, 0.25) is 0 Å². The van der Waals surface area contributed by atoms with E-state index >= 15 is 0 Å². The largest absolute Gasteiger partial charge is 0.323 e. The van der Waals surface area contributed by atoms with Gasteiger partial charge in [-0.25, -0.2) is 0 Å². The monoisotopic (exact) mass is 279 g/mol. The van der Waals surface area contributed by atoms with Crippen LogP contribution in [0.1, 0.15) is 66.8 Å². The fourth-order valence-corrected chi connectivity index (χ4v) is 3.50. The van der Waals surface area contributed by atoms with Gasteiger partial charge >= 0.3 is 0 Å². The zero-order chi connectivity index (χ0) is 14.8. The van der Waals surface area contributed by atoms with Crippen LogP contribution >= 0.6 is 0 Å². The summed E-state index contributed by atoms with van der Waals surface area (Å²) in [6.45, 7) is 4.46. The fraction of sp³-hybridized carbons (Fsp3) is 0.400. The standard InChI is InChI=1S/C20H25N/c1-14(2)15-10-12-17(13-11-15)20(21)19-9-5-7-16-6-3-4-8-18(16)19/h3-4,6,8,10-14,19-20H,5,7,9,21H2,1-2H3. The van der Waals surface area contributed by atoms with E-state index in [4.69, 9.17) is 5.73 Å². The highest BCUT2D eigenvalue weighted by Gasteiger charge is 2.26. The predicted molar refractivity (Wildman–Crippen MR) is 89.6 cm³/mol. The van der Waals surface area contributed by atoms with Gasteiger partial charge in [0.15, 0.2) is 0 Å². The first-order valence-electron chi connectivity index (χ1n) is 8.10. The number of benzene rings is 2. The summed E-state index contributed by atoms with van der Waals surface area (Å²) in [5, 5.41) is 0. The van der Waals surface area contributed by atoms with Gasteiger partial charge in [0.1, 0.15) is 0 Å². The Morgan fingerprint density at radius 3 is 2.33 bits per heavy atom. The minimum Gasteiger partial charge on any atom is -0.323 e. The number of fused-ring (bicyclic) bond motifs is 1. The summed E-state index contributed by atoms with van der Waals surface area (Å²) < 4.78 is 0. The van der Waals surface area contributed by atoms with Crippen LogP contribution in [0.5, 0.6) is 0 Å². The first-order chi connectivity index (χ1) is 10.2. The molecule has 0 aromatic heterocycles. The topological polar surface area (TPSA) is 26.0 Å². The van der Waals surface area contributed by atoms with E-state index in [2.05, 4.69) is 62.4 Å². The summed E-state index contributed by atoms with van der Waals surface area (Å²) in [6, 6.07) is 17.8. The van der Waals surface area contributed by atoms with Crippen molar-refractivity contribution in [3.05, 3.63) is 70.8 Å². The Hall–Kier alpha value is -1.60. The molecule has 2 aromatic rings. The van der Waals surface area contributed by atoms with Crippen molar-refractivity contribution in [2.75, 3.05) is 0 Å². The highest BCUT2D eigenvalue weighted by atomic mass is 14.7. The molecule has 1 heteroatoms. The molecule has 1 nitrogen and oxygen atoms in total. The summed E-state index contributed by atoms with van der Waals surface area (Å²) >= 11 is 0. The zero-order valence-electron chi connectivity index (χ0n) is 13.0. The molecule has 0 fully saturated rings. The molecule has 0 bridgehead atoms. The number of hydrogen-bond donors (Lipinski definition) is 1. The van der Waals surface area contributed by atoms with Crippen molar-refractivity contribution >= 4 is 0 Å². The highest BCUT2D eigenvalue weighted by Crippen LogP contribution is 2.39. The molecule has 1 aliphatic rings. The first kappa shape index (κ1) is 14.3. The van der Waals surface area contributed by atoms with E-state index in [1.165, 1.54) is 41.5 Å². The van der Waals surface area contributed by atoms with Gasteiger partial charge in [-0.2, -0.15) is 0 Å². The van der Waals surface area contributed by atoms with E-state index in [0.717, 1.165) is 0 Å². The van der Waals surface area contributed by atoms with E-state index in [0.29, 0.717) is 11.8 Å². The third kappa shape index (κ3) is 2.89. The maximum Gasteiger partial charge on any atom is 0.0364 e. The normalized spacial score (nSPS) is 19.3. The van der Waals surface area contributed by atoms with Gasteiger partial charge in [0.2, 0.25) is 0 Å². The predicted octanol–water partition coefficient (Wildman–Crippen LogP) is 4.93. The second kappa shape index (κ2) is 6.03. The molecule has 0 spiro atoms. The summed E-state index contributed by atoms with van der Waals surface area (Å²) in [5.41, 5.74) is 12.2. The molecule has 3 rings (SSSR count). The van der Waals surface area contributed by atoms with Crippen molar-refractivity contribution in [2.24, 2.45) is 5.73 Å². The Morgan fingerprint density at radius 2 is 1.62 bits per heavy atom. The minimum atomic E-state index is 0.104.